The highest BCUT2D eigenvalue weighted by molar-refractivity contribution is 9.10. The molecular weight excluding hydrogens is 326 g/mol. The van der Waals surface area contributed by atoms with Gasteiger partial charge in [-0.25, -0.2) is 0 Å². The number of aromatic nitrogens is 1. The summed E-state index contributed by atoms with van der Waals surface area (Å²) in [5.41, 5.74) is 1.98. The molecule has 1 aromatic heterocycles. The number of para-hydroxylation sites is 1. The number of H-pyrrole nitrogens is 1. The maximum atomic E-state index is 12.6. The Bertz CT molecular complexity index is 779. The number of hydrogen-bond acceptors (Lipinski definition) is 1. The number of fused-ring (bicyclic) bond motifs is 1. The van der Waals surface area contributed by atoms with Gasteiger partial charge in [0.15, 0.2) is 5.78 Å². The van der Waals surface area contributed by atoms with Crippen molar-refractivity contribution in [3.63, 3.8) is 0 Å². The van der Waals surface area contributed by atoms with Crippen LogP contribution in [0.5, 0.6) is 0 Å². The van der Waals surface area contributed by atoms with E-state index >= 15 is 0 Å². The van der Waals surface area contributed by atoms with Crippen molar-refractivity contribution < 1.29 is 4.79 Å². The zero-order valence-electron chi connectivity index (χ0n) is 9.78. The van der Waals surface area contributed by atoms with Gasteiger partial charge in [0.05, 0.1) is 10.5 Å². The Hall–Kier alpha value is -1.58. The number of rotatable bonds is 2. The zero-order valence-corrected chi connectivity index (χ0v) is 12.1. The van der Waals surface area contributed by atoms with Gasteiger partial charge < -0.3 is 4.98 Å². The summed E-state index contributed by atoms with van der Waals surface area (Å²) in [7, 11) is 0. The molecule has 94 valence electrons. The third-order valence-electron chi connectivity index (χ3n) is 3.01. The van der Waals surface area contributed by atoms with Gasteiger partial charge in [0.2, 0.25) is 0 Å². The van der Waals surface area contributed by atoms with E-state index in [2.05, 4.69) is 20.9 Å². The lowest BCUT2D eigenvalue weighted by Crippen LogP contribution is -2.03. The van der Waals surface area contributed by atoms with E-state index in [0.29, 0.717) is 16.1 Å². The van der Waals surface area contributed by atoms with Crippen LogP contribution < -0.4 is 0 Å². The maximum Gasteiger partial charge on any atom is 0.196 e. The first kappa shape index (κ1) is 12.5. The number of carbonyl (C=O) groups excluding carboxylic acids is 1. The minimum absolute atomic E-state index is 0.0782. The van der Waals surface area contributed by atoms with E-state index in [4.69, 9.17) is 11.6 Å². The number of halogens is 2. The summed E-state index contributed by atoms with van der Waals surface area (Å²) in [5, 5.41) is 1.46. The summed E-state index contributed by atoms with van der Waals surface area (Å²) in [4.78, 5) is 15.7. The molecule has 2 nitrogen and oxygen atoms in total. The molecule has 0 bridgehead atoms. The molecule has 0 amide bonds. The molecule has 0 saturated heterocycles. The number of carbonyl (C=O) groups is 1. The molecule has 0 aliphatic heterocycles. The fourth-order valence-electron chi connectivity index (χ4n) is 2.09. The summed E-state index contributed by atoms with van der Waals surface area (Å²) < 4.78 is 0.854. The highest BCUT2D eigenvalue weighted by Crippen LogP contribution is 2.26. The van der Waals surface area contributed by atoms with Crippen LogP contribution in [-0.2, 0) is 0 Å². The Morgan fingerprint density at radius 1 is 1.11 bits per heavy atom. The van der Waals surface area contributed by atoms with Gasteiger partial charge in [-0.1, -0.05) is 39.7 Å². The largest absolute Gasteiger partial charge is 0.361 e. The predicted molar refractivity (Wildman–Crippen MR) is 80.9 cm³/mol. The summed E-state index contributed by atoms with van der Waals surface area (Å²) in [6.45, 7) is 0. The fourth-order valence-corrected chi connectivity index (χ4v) is 2.85. The quantitative estimate of drug-likeness (QED) is 0.670. The Balaban J connectivity index is 2.16. The van der Waals surface area contributed by atoms with E-state index in [1.807, 2.05) is 30.5 Å². The van der Waals surface area contributed by atoms with E-state index < -0.39 is 0 Å². The number of nitrogens with one attached hydrogen (secondary N) is 1. The average Bonchev–Trinajstić information content (AvgIpc) is 2.86. The van der Waals surface area contributed by atoms with Crippen molar-refractivity contribution in [1.29, 1.82) is 0 Å². The highest BCUT2D eigenvalue weighted by atomic mass is 79.9. The summed E-state index contributed by atoms with van der Waals surface area (Å²) in [5.74, 6) is -0.0782. The van der Waals surface area contributed by atoms with Gasteiger partial charge in [-0.05, 0) is 30.3 Å². The van der Waals surface area contributed by atoms with Crippen LogP contribution in [0, 0.1) is 0 Å². The molecule has 0 saturated carbocycles. The van der Waals surface area contributed by atoms with E-state index in [9.17, 15) is 4.79 Å². The predicted octanol–water partition coefficient (Wildman–Crippen LogP) is 4.81. The van der Waals surface area contributed by atoms with Crippen LogP contribution >= 0.6 is 27.5 Å². The second-order valence-electron chi connectivity index (χ2n) is 4.20. The van der Waals surface area contributed by atoms with Crippen molar-refractivity contribution >= 4 is 44.2 Å². The third-order valence-corrected chi connectivity index (χ3v) is 3.81. The van der Waals surface area contributed by atoms with E-state index in [0.717, 1.165) is 15.4 Å². The summed E-state index contributed by atoms with van der Waals surface area (Å²) in [6.07, 6.45) is 1.82. The topological polar surface area (TPSA) is 32.9 Å². The molecule has 0 atom stereocenters. The Kier molecular flexibility index (Phi) is 3.17. The minimum atomic E-state index is -0.0782. The van der Waals surface area contributed by atoms with E-state index in [-0.39, 0.29) is 5.78 Å². The maximum absolute atomic E-state index is 12.6. The lowest BCUT2D eigenvalue weighted by Gasteiger charge is -2.05. The normalized spacial score (nSPS) is 10.8. The van der Waals surface area contributed by atoms with Crippen LogP contribution in [0.15, 0.2) is 53.1 Å². The molecular formula is C15H9BrClNO. The first-order chi connectivity index (χ1) is 9.16. The van der Waals surface area contributed by atoms with E-state index in [1.54, 1.807) is 18.2 Å². The van der Waals surface area contributed by atoms with Crippen LogP contribution in [0.2, 0.25) is 5.02 Å². The highest BCUT2D eigenvalue weighted by Gasteiger charge is 2.16. The molecule has 3 rings (SSSR count). The second kappa shape index (κ2) is 4.83. The Labute approximate surface area is 123 Å². The Morgan fingerprint density at radius 3 is 2.74 bits per heavy atom. The molecule has 1 heterocycles. The van der Waals surface area contributed by atoms with Crippen molar-refractivity contribution in [1.82, 2.24) is 4.98 Å². The fraction of sp³-hybridized carbons (Fsp3) is 0. The number of benzene rings is 2. The van der Waals surface area contributed by atoms with Crippen LogP contribution in [0.3, 0.4) is 0 Å². The second-order valence-corrected chi connectivity index (χ2v) is 5.52. The Morgan fingerprint density at radius 2 is 1.95 bits per heavy atom. The van der Waals surface area contributed by atoms with Gasteiger partial charge in [0, 0.05) is 27.2 Å². The van der Waals surface area contributed by atoms with E-state index in [1.165, 1.54) is 0 Å². The lowest BCUT2D eigenvalue weighted by atomic mass is 10.0. The van der Waals surface area contributed by atoms with Crippen molar-refractivity contribution in [3.05, 3.63) is 69.3 Å². The molecule has 0 spiro atoms. The van der Waals surface area contributed by atoms with Gasteiger partial charge in [-0.15, -0.1) is 0 Å². The van der Waals surface area contributed by atoms with Gasteiger partial charge in [0.1, 0.15) is 0 Å². The monoisotopic (exact) mass is 333 g/mol. The van der Waals surface area contributed by atoms with Gasteiger partial charge in [0.25, 0.3) is 0 Å². The van der Waals surface area contributed by atoms with Crippen molar-refractivity contribution in [2.75, 3.05) is 0 Å². The van der Waals surface area contributed by atoms with Crippen LogP contribution in [0.1, 0.15) is 15.9 Å². The SMILES string of the molecule is O=C(c1ccc(Br)cc1Cl)c1cccc2cc[nH]c12. The lowest BCUT2D eigenvalue weighted by molar-refractivity contribution is 0.104. The molecule has 0 unspecified atom stereocenters. The number of hydrogen-bond donors (Lipinski definition) is 1. The molecule has 2 aromatic carbocycles. The van der Waals surface area contributed by atoms with Gasteiger partial charge in [-0.3, -0.25) is 4.79 Å². The average molecular weight is 335 g/mol. The zero-order chi connectivity index (χ0) is 13.4. The standard InChI is InChI=1S/C15H9BrClNO/c16-10-4-5-11(13(17)8-10)15(19)12-3-1-2-9-6-7-18-14(9)12/h1-8,18H. The molecule has 4 heteroatoms. The summed E-state index contributed by atoms with van der Waals surface area (Å²) >= 11 is 9.47. The van der Waals surface area contributed by atoms with Gasteiger partial charge in [-0.2, -0.15) is 0 Å². The number of ketones is 1. The molecule has 0 aliphatic rings. The van der Waals surface area contributed by atoms with Crippen molar-refractivity contribution in [3.8, 4) is 0 Å². The molecule has 3 aromatic rings. The van der Waals surface area contributed by atoms with Crippen molar-refractivity contribution in [2.45, 2.75) is 0 Å². The van der Waals surface area contributed by atoms with Crippen LogP contribution in [-0.4, -0.2) is 10.8 Å². The molecule has 0 radical (unpaired) electrons. The van der Waals surface area contributed by atoms with Crippen molar-refractivity contribution in [2.24, 2.45) is 0 Å². The molecule has 1 N–H and O–H groups in total. The minimum Gasteiger partial charge on any atom is -0.361 e. The summed E-state index contributed by atoms with van der Waals surface area (Å²) in [6, 6.07) is 12.9. The molecule has 19 heavy (non-hydrogen) atoms. The smallest absolute Gasteiger partial charge is 0.196 e. The number of aromatic amines is 1. The first-order valence-corrected chi connectivity index (χ1v) is 6.90. The van der Waals surface area contributed by atoms with Crippen LogP contribution in [0.4, 0.5) is 0 Å². The molecule has 0 fully saturated rings. The third kappa shape index (κ3) is 2.20. The van der Waals surface area contributed by atoms with Crippen LogP contribution in [0.25, 0.3) is 10.9 Å². The van der Waals surface area contributed by atoms with Gasteiger partial charge >= 0.3 is 0 Å². The molecule has 0 aliphatic carbocycles. The first-order valence-electron chi connectivity index (χ1n) is 5.72.